The number of nitrogen functional groups attached to an aromatic ring is 1. The van der Waals surface area contributed by atoms with Crippen LogP contribution in [0, 0.1) is 0 Å². The van der Waals surface area contributed by atoms with Gasteiger partial charge in [0.15, 0.2) is 0 Å². The van der Waals surface area contributed by atoms with E-state index >= 15 is 0 Å². The van der Waals surface area contributed by atoms with Crippen LogP contribution in [0.1, 0.15) is 12.8 Å². The van der Waals surface area contributed by atoms with E-state index in [1.807, 2.05) is 0 Å². The van der Waals surface area contributed by atoms with Gasteiger partial charge in [0.2, 0.25) is 12.4 Å². The summed E-state index contributed by atoms with van der Waals surface area (Å²) >= 11 is 0. The molecule has 0 aromatic carbocycles. The van der Waals surface area contributed by atoms with Crippen LogP contribution in [0.15, 0.2) is 18.5 Å². The highest BCUT2D eigenvalue weighted by molar-refractivity contribution is 5.65. The zero-order valence-electron chi connectivity index (χ0n) is 8.63. The van der Waals surface area contributed by atoms with Crippen molar-refractivity contribution in [2.24, 2.45) is 5.73 Å². The van der Waals surface area contributed by atoms with E-state index in [0.717, 1.165) is 36.3 Å². The number of rotatable bonds is 1. The number of nitrogens with two attached hydrogens (primary N) is 2. The molecule has 2 rings (SSSR count). The number of pyridine rings is 1. The summed E-state index contributed by atoms with van der Waals surface area (Å²) < 4.78 is 1.02. The van der Waals surface area contributed by atoms with Crippen molar-refractivity contribution in [3.8, 4) is 0 Å². The monoisotopic (exact) mass is 209 g/mol. The average Bonchev–Trinajstić information content (AvgIpc) is 2.22. The first-order valence-corrected chi connectivity index (χ1v) is 5.17. The van der Waals surface area contributed by atoms with Crippen molar-refractivity contribution >= 4 is 11.4 Å². The van der Waals surface area contributed by atoms with Gasteiger partial charge in [-0.15, -0.1) is 0 Å². The van der Waals surface area contributed by atoms with Gasteiger partial charge in [-0.1, -0.05) is 0 Å². The Morgan fingerprint density at radius 1 is 1.53 bits per heavy atom. The topological polar surface area (TPSA) is 79.4 Å². The van der Waals surface area contributed by atoms with E-state index in [1.54, 1.807) is 12.3 Å². The second-order valence-electron chi connectivity index (χ2n) is 4.01. The van der Waals surface area contributed by atoms with Crippen molar-refractivity contribution in [1.82, 2.24) is 0 Å². The van der Waals surface area contributed by atoms with Crippen LogP contribution in [0.3, 0.4) is 0 Å². The SMILES string of the molecule is Nc1cc[n+](O)cc1N1CCC[C@@H](N)C1. The van der Waals surface area contributed by atoms with Crippen LogP contribution in [0.4, 0.5) is 11.4 Å². The summed E-state index contributed by atoms with van der Waals surface area (Å²) in [6, 6.07) is 1.89. The Balaban J connectivity index is 2.24. The summed E-state index contributed by atoms with van der Waals surface area (Å²) in [7, 11) is 0. The van der Waals surface area contributed by atoms with Gasteiger partial charge in [0.1, 0.15) is 5.69 Å². The van der Waals surface area contributed by atoms with Crippen LogP contribution < -0.4 is 21.1 Å². The van der Waals surface area contributed by atoms with E-state index < -0.39 is 0 Å². The van der Waals surface area contributed by atoms with Gasteiger partial charge in [-0.3, -0.25) is 5.21 Å². The summed E-state index contributed by atoms with van der Waals surface area (Å²) in [4.78, 5) is 2.12. The van der Waals surface area contributed by atoms with Gasteiger partial charge < -0.3 is 16.4 Å². The molecule has 1 aliphatic rings. The number of hydrogen-bond acceptors (Lipinski definition) is 4. The van der Waals surface area contributed by atoms with Gasteiger partial charge in [0.25, 0.3) is 0 Å². The largest absolute Gasteiger partial charge is 0.397 e. The van der Waals surface area contributed by atoms with Crippen LogP contribution in [0.5, 0.6) is 0 Å². The van der Waals surface area contributed by atoms with Gasteiger partial charge in [0.05, 0.1) is 5.69 Å². The minimum Gasteiger partial charge on any atom is -0.397 e. The first-order valence-electron chi connectivity index (χ1n) is 5.17. The molecule has 0 aliphatic carbocycles. The third kappa shape index (κ3) is 2.12. The molecule has 0 spiro atoms. The Hall–Kier alpha value is -1.49. The zero-order chi connectivity index (χ0) is 10.8. The van der Waals surface area contributed by atoms with Gasteiger partial charge in [-0.25, -0.2) is 0 Å². The molecule has 0 bridgehead atoms. The molecular weight excluding hydrogens is 192 g/mol. The first-order chi connectivity index (χ1) is 7.16. The highest BCUT2D eigenvalue weighted by atomic mass is 16.5. The van der Waals surface area contributed by atoms with Crippen molar-refractivity contribution in [1.29, 1.82) is 0 Å². The summed E-state index contributed by atoms with van der Waals surface area (Å²) in [5, 5.41) is 9.34. The van der Waals surface area contributed by atoms with Crippen molar-refractivity contribution in [3.63, 3.8) is 0 Å². The molecule has 5 N–H and O–H groups in total. The number of piperidine rings is 1. The maximum absolute atomic E-state index is 9.34. The minimum atomic E-state index is 0.200. The molecule has 1 aliphatic heterocycles. The summed E-state index contributed by atoms with van der Waals surface area (Å²) in [6.45, 7) is 1.75. The summed E-state index contributed by atoms with van der Waals surface area (Å²) in [5.41, 5.74) is 13.3. The van der Waals surface area contributed by atoms with Crippen LogP contribution in [0.2, 0.25) is 0 Å². The van der Waals surface area contributed by atoms with E-state index in [1.165, 1.54) is 6.20 Å². The third-order valence-electron chi connectivity index (χ3n) is 2.76. The van der Waals surface area contributed by atoms with Gasteiger partial charge in [-0.2, -0.15) is 0 Å². The van der Waals surface area contributed by atoms with Crippen molar-refractivity contribution in [3.05, 3.63) is 18.5 Å². The van der Waals surface area contributed by atoms with E-state index in [2.05, 4.69) is 4.90 Å². The predicted octanol–water partition coefficient (Wildman–Crippen LogP) is -0.279. The predicted molar refractivity (Wildman–Crippen MR) is 57.7 cm³/mol. The van der Waals surface area contributed by atoms with Gasteiger partial charge >= 0.3 is 0 Å². The lowest BCUT2D eigenvalue weighted by atomic mass is 10.1. The molecule has 0 radical (unpaired) electrons. The van der Waals surface area contributed by atoms with E-state index in [0.29, 0.717) is 5.69 Å². The number of anilines is 2. The van der Waals surface area contributed by atoms with Crippen LogP contribution in [-0.4, -0.2) is 24.3 Å². The fourth-order valence-electron chi connectivity index (χ4n) is 1.98. The molecule has 2 heterocycles. The molecule has 1 aromatic heterocycles. The molecule has 0 saturated carbocycles. The fraction of sp³-hybridized carbons (Fsp3) is 0.500. The maximum atomic E-state index is 9.34. The second kappa shape index (κ2) is 3.94. The summed E-state index contributed by atoms with van der Waals surface area (Å²) in [6.07, 6.45) is 5.26. The van der Waals surface area contributed by atoms with E-state index in [9.17, 15) is 5.21 Å². The van der Waals surface area contributed by atoms with E-state index in [4.69, 9.17) is 11.5 Å². The molecule has 1 atom stereocenters. The molecular formula is C10H17N4O+. The number of hydrogen-bond donors (Lipinski definition) is 3. The Labute approximate surface area is 88.9 Å². The first kappa shape index (κ1) is 10.0. The zero-order valence-corrected chi connectivity index (χ0v) is 8.63. The number of nitrogens with zero attached hydrogens (tertiary/aromatic N) is 2. The van der Waals surface area contributed by atoms with E-state index in [-0.39, 0.29) is 6.04 Å². The lowest BCUT2D eigenvalue weighted by molar-refractivity contribution is -0.904. The molecule has 15 heavy (non-hydrogen) atoms. The van der Waals surface area contributed by atoms with Crippen molar-refractivity contribution < 1.29 is 9.94 Å². The molecule has 1 aromatic rings. The Bertz CT molecular complexity index is 355. The van der Waals surface area contributed by atoms with Crippen molar-refractivity contribution in [2.75, 3.05) is 23.7 Å². The lowest BCUT2D eigenvalue weighted by Gasteiger charge is -2.31. The normalized spacial score (nSPS) is 21.7. The molecule has 1 fully saturated rings. The van der Waals surface area contributed by atoms with Crippen LogP contribution in [0.25, 0.3) is 0 Å². The molecule has 0 unspecified atom stereocenters. The lowest BCUT2D eigenvalue weighted by Crippen LogP contribution is -2.44. The standard InChI is InChI=1S/C10H16N4O/c11-8-2-1-4-13(6-8)10-7-14(15)5-3-9(10)12/h3,5,7-8,12,15H,1-2,4,6,11H2/p+1/t8-/m1/s1. The highest BCUT2D eigenvalue weighted by Gasteiger charge is 2.21. The smallest absolute Gasteiger partial charge is 0.247 e. The van der Waals surface area contributed by atoms with Crippen LogP contribution in [-0.2, 0) is 0 Å². The van der Waals surface area contributed by atoms with Crippen molar-refractivity contribution in [2.45, 2.75) is 18.9 Å². The minimum absolute atomic E-state index is 0.200. The average molecular weight is 209 g/mol. The fourth-order valence-corrected chi connectivity index (χ4v) is 1.98. The second-order valence-corrected chi connectivity index (χ2v) is 4.01. The van der Waals surface area contributed by atoms with Gasteiger partial charge in [-0.05, 0) is 12.8 Å². The Morgan fingerprint density at radius 2 is 2.33 bits per heavy atom. The molecule has 5 heteroatoms. The number of aromatic nitrogens is 1. The Kier molecular flexibility index (Phi) is 2.64. The quantitative estimate of drug-likeness (QED) is 0.439. The summed E-state index contributed by atoms with van der Waals surface area (Å²) in [5.74, 6) is 0. The maximum Gasteiger partial charge on any atom is 0.247 e. The van der Waals surface area contributed by atoms with Gasteiger partial charge in [0, 0.05) is 29.9 Å². The highest BCUT2D eigenvalue weighted by Crippen LogP contribution is 2.23. The molecule has 1 saturated heterocycles. The van der Waals surface area contributed by atoms with Crippen LogP contribution >= 0.6 is 0 Å². The Morgan fingerprint density at radius 3 is 3.07 bits per heavy atom. The molecule has 82 valence electrons. The third-order valence-corrected chi connectivity index (χ3v) is 2.76. The molecule has 0 amide bonds. The molecule has 5 nitrogen and oxygen atoms in total.